The molecule has 0 amide bonds. The van der Waals surface area contributed by atoms with E-state index in [0.717, 1.165) is 10.2 Å². The zero-order valence-corrected chi connectivity index (χ0v) is 13.1. The van der Waals surface area contributed by atoms with Crippen molar-refractivity contribution >= 4 is 33.6 Å². The Balaban J connectivity index is 2.67. The van der Waals surface area contributed by atoms with Crippen molar-refractivity contribution in [1.29, 1.82) is 0 Å². The minimum atomic E-state index is -0.922. The van der Waals surface area contributed by atoms with E-state index in [1.54, 1.807) is 6.92 Å². The van der Waals surface area contributed by atoms with Crippen molar-refractivity contribution in [2.45, 2.75) is 19.8 Å². The number of rotatable bonds is 8. The first-order valence-electron chi connectivity index (χ1n) is 6.39. The van der Waals surface area contributed by atoms with E-state index < -0.39 is 11.9 Å². The van der Waals surface area contributed by atoms with Crippen LogP contribution in [0.2, 0.25) is 0 Å². The summed E-state index contributed by atoms with van der Waals surface area (Å²) >= 11 is 3.34. The van der Waals surface area contributed by atoms with Gasteiger partial charge in [-0.3, -0.25) is 10.2 Å². The molecule has 0 aliphatic carbocycles. The number of allylic oxidation sites excluding steroid dienone is 1. The Bertz CT molecular complexity index is 531. The molecule has 3 N–H and O–H groups in total. The van der Waals surface area contributed by atoms with Crippen LogP contribution in [0.1, 0.15) is 19.8 Å². The molecule has 0 heterocycles. The summed E-state index contributed by atoms with van der Waals surface area (Å²) in [4.78, 5) is 22.3. The second kappa shape index (κ2) is 9.02. The molecule has 0 unspecified atom stereocenters. The molecule has 6 nitrogen and oxygen atoms in total. The van der Waals surface area contributed by atoms with E-state index in [1.807, 2.05) is 24.3 Å². The van der Waals surface area contributed by atoms with Gasteiger partial charge in [0.25, 0.3) is 0 Å². The fourth-order valence-corrected chi connectivity index (χ4v) is 1.84. The van der Waals surface area contributed by atoms with Crippen LogP contribution < -0.4 is 10.9 Å². The first-order valence-corrected chi connectivity index (χ1v) is 7.19. The zero-order valence-electron chi connectivity index (χ0n) is 11.6. The first kappa shape index (κ1) is 17.0. The largest absolute Gasteiger partial charge is 0.481 e. The molecule has 21 heavy (non-hydrogen) atoms. The Hall–Kier alpha value is -2.02. The minimum Gasteiger partial charge on any atom is -0.481 e. The number of esters is 1. The van der Waals surface area contributed by atoms with Crippen molar-refractivity contribution in [2.75, 3.05) is 12.0 Å². The molecule has 0 aromatic heterocycles. The molecule has 0 fully saturated rings. The molecule has 0 saturated heterocycles. The summed E-state index contributed by atoms with van der Waals surface area (Å²) < 4.78 is 5.80. The lowest BCUT2D eigenvalue weighted by molar-refractivity contribution is -0.139. The van der Waals surface area contributed by atoms with Gasteiger partial charge in [-0.2, -0.15) is 0 Å². The van der Waals surface area contributed by atoms with Crippen LogP contribution in [-0.4, -0.2) is 23.7 Å². The second-order valence-electron chi connectivity index (χ2n) is 4.03. The topological polar surface area (TPSA) is 87.7 Å². The van der Waals surface area contributed by atoms with E-state index in [4.69, 9.17) is 9.84 Å². The third-order valence-electron chi connectivity index (χ3n) is 2.37. The lowest BCUT2D eigenvalue weighted by Gasteiger charge is -2.12. The fourth-order valence-electron chi connectivity index (χ4n) is 1.44. The highest BCUT2D eigenvalue weighted by atomic mass is 79.9. The van der Waals surface area contributed by atoms with Crippen LogP contribution >= 0.6 is 15.9 Å². The molecular formula is C14H17BrN2O4. The van der Waals surface area contributed by atoms with Crippen molar-refractivity contribution in [1.82, 2.24) is 5.43 Å². The van der Waals surface area contributed by atoms with Crippen molar-refractivity contribution in [2.24, 2.45) is 0 Å². The molecule has 1 aromatic rings. The van der Waals surface area contributed by atoms with E-state index in [-0.39, 0.29) is 25.1 Å². The fraction of sp³-hybridized carbons (Fsp3) is 0.286. The lowest BCUT2D eigenvalue weighted by Crippen LogP contribution is -2.27. The van der Waals surface area contributed by atoms with Gasteiger partial charge in [0.15, 0.2) is 0 Å². The number of aliphatic carboxylic acids is 1. The van der Waals surface area contributed by atoms with E-state index in [2.05, 4.69) is 26.8 Å². The molecule has 7 heteroatoms. The summed E-state index contributed by atoms with van der Waals surface area (Å²) in [6.45, 7) is 1.95. The Morgan fingerprint density at radius 3 is 2.81 bits per heavy atom. The van der Waals surface area contributed by atoms with Gasteiger partial charge >= 0.3 is 11.9 Å². The van der Waals surface area contributed by atoms with Crippen LogP contribution in [0.15, 0.2) is 40.5 Å². The summed E-state index contributed by atoms with van der Waals surface area (Å²) in [6, 6.07) is 7.36. The number of anilines is 1. The van der Waals surface area contributed by atoms with Crippen LogP contribution in [-0.2, 0) is 14.3 Å². The average Bonchev–Trinajstić information content (AvgIpc) is 2.42. The highest BCUT2D eigenvalue weighted by Crippen LogP contribution is 2.15. The van der Waals surface area contributed by atoms with Gasteiger partial charge in [0.05, 0.1) is 12.3 Å². The molecule has 1 aromatic carbocycles. The number of hydrazine groups is 1. The summed E-state index contributed by atoms with van der Waals surface area (Å²) in [5.74, 6) is -1.46. The molecule has 114 valence electrons. The number of halogens is 1. The normalized spacial score (nSPS) is 10.9. The number of carboxylic acids is 1. The van der Waals surface area contributed by atoms with Gasteiger partial charge in [-0.05, 0) is 31.5 Å². The molecule has 0 atom stereocenters. The maximum Gasteiger partial charge on any atom is 0.355 e. The molecular weight excluding hydrogens is 340 g/mol. The van der Waals surface area contributed by atoms with E-state index in [0.29, 0.717) is 0 Å². The van der Waals surface area contributed by atoms with E-state index in [1.165, 1.54) is 6.08 Å². The van der Waals surface area contributed by atoms with E-state index >= 15 is 0 Å². The van der Waals surface area contributed by atoms with Gasteiger partial charge in [0.2, 0.25) is 0 Å². The predicted octanol–water partition coefficient (Wildman–Crippen LogP) is 2.68. The number of hydrogen-bond donors (Lipinski definition) is 3. The number of ether oxygens (including phenoxy) is 1. The summed E-state index contributed by atoms with van der Waals surface area (Å²) in [7, 11) is 0. The number of carbonyl (C=O) groups excluding carboxylic acids is 1. The maximum atomic E-state index is 11.8. The molecule has 0 aliphatic rings. The molecule has 0 aliphatic heterocycles. The minimum absolute atomic E-state index is 0.0541. The number of carboxylic acid groups (broad SMARTS) is 1. The van der Waals surface area contributed by atoms with Crippen molar-refractivity contribution in [3.8, 4) is 0 Å². The van der Waals surface area contributed by atoms with Gasteiger partial charge in [0, 0.05) is 10.9 Å². The maximum absolute atomic E-state index is 11.8. The summed E-state index contributed by atoms with van der Waals surface area (Å²) in [5.41, 5.74) is 6.54. The quantitative estimate of drug-likeness (QED) is 0.377. The number of nitrogens with one attached hydrogen (secondary N) is 2. The highest BCUT2D eigenvalue weighted by molar-refractivity contribution is 9.10. The Morgan fingerprint density at radius 2 is 2.19 bits per heavy atom. The second-order valence-corrected chi connectivity index (χ2v) is 4.95. The Labute approximate surface area is 131 Å². The molecule has 1 rings (SSSR count). The Morgan fingerprint density at radius 1 is 1.43 bits per heavy atom. The van der Waals surface area contributed by atoms with Crippen molar-refractivity contribution in [3.05, 3.63) is 40.5 Å². The Kier molecular flexibility index (Phi) is 7.31. The van der Waals surface area contributed by atoms with Crippen molar-refractivity contribution < 1.29 is 19.4 Å². The molecule has 0 bridgehead atoms. The van der Waals surface area contributed by atoms with Crippen LogP contribution in [0.3, 0.4) is 0 Å². The zero-order chi connectivity index (χ0) is 15.7. The highest BCUT2D eigenvalue weighted by Gasteiger charge is 2.10. The predicted molar refractivity (Wildman–Crippen MR) is 82.5 cm³/mol. The number of benzene rings is 1. The number of hydrogen-bond acceptors (Lipinski definition) is 5. The average molecular weight is 357 g/mol. The van der Waals surface area contributed by atoms with Gasteiger partial charge in [-0.25, -0.2) is 4.79 Å². The van der Waals surface area contributed by atoms with Crippen molar-refractivity contribution in [3.63, 3.8) is 0 Å². The van der Waals surface area contributed by atoms with Crippen LogP contribution in [0.4, 0.5) is 5.69 Å². The van der Waals surface area contributed by atoms with E-state index in [9.17, 15) is 9.59 Å². The molecule has 0 radical (unpaired) electrons. The SMILES string of the molecule is CCOC(=O)/C(=C\CCC(=O)O)NNc1cccc(Br)c1. The smallest absolute Gasteiger partial charge is 0.355 e. The summed E-state index contributed by atoms with van der Waals surface area (Å²) in [6.07, 6.45) is 1.68. The summed E-state index contributed by atoms with van der Waals surface area (Å²) in [5, 5.41) is 8.62. The van der Waals surface area contributed by atoms with Gasteiger partial charge in [0.1, 0.15) is 5.70 Å². The van der Waals surface area contributed by atoms with Crippen LogP contribution in [0, 0.1) is 0 Å². The van der Waals surface area contributed by atoms with Gasteiger partial charge in [-0.1, -0.05) is 28.1 Å². The molecule has 0 saturated carbocycles. The lowest BCUT2D eigenvalue weighted by atomic mass is 10.2. The molecule has 0 spiro atoms. The third kappa shape index (κ3) is 6.80. The van der Waals surface area contributed by atoms with Crippen LogP contribution in [0.25, 0.3) is 0 Å². The number of carbonyl (C=O) groups is 2. The van der Waals surface area contributed by atoms with Gasteiger partial charge < -0.3 is 15.3 Å². The first-order chi connectivity index (χ1) is 10.0. The third-order valence-corrected chi connectivity index (χ3v) is 2.86. The standard InChI is InChI=1S/C14H17BrN2O4/c1-2-21-14(20)12(7-4-8-13(18)19)17-16-11-6-3-5-10(15)9-11/h3,5-7,9,16-17H,2,4,8H2,1H3,(H,18,19)/b12-7+. The van der Waals surface area contributed by atoms with Gasteiger partial charge in [-0.15, -0.1) is 0 Å². The van der Waals surface area contributed by atoms with Crippen LogP contribution in [0.5, 0.6) is 0 Å². The monoisotopic (exact) mass is 356 g/mol.